The maximum absolute atomic E-state index is 12.4. The Kier molecular flexibility index (Phi) is 5.77. The number of methoxy groups -OCH3 is 2. The normalized spacial score (nSPS) is 10.4. The van der Waals surface area contributed by atoms with Crippen molar-refractivity contribution in [3.05, 3.63) is 40.8 Å². The van der Waals surface area contributed by atoms with Crippen LogP contribution in [-0.2, 0) is 13.0 Å². The molecule has 22 heavy (non-hydrogen) atoms. The van der Waals surface area contributed by atoms with Crippen LogP contribution in [0.5, 0.6) is 11.5 Å². The summed E-state index contributed by atoms with van der Waals surface area (Å²) < 4.78 is 22.9. The second-order valence-electron chi connectivity index (χ2n) is 4.46. The average molecular weight is 326 g/mol. The highest BCUT2D eigenvalue weighted by atomic mass is 35.5. The first-order valence-electron chi connectivity index (χ1n) is 6.70. The van der Waals surface area contributed by atoms with Crippen LogP contribution in [0.4, 0.5) is 10.2 Å². The maximum atomic E-state index is 12.4. The van der Waals surface area contributed by atoms with Crippen molar-refractivity contribution in [3.63, 3.8) is 0 Å². The summed E-state index contributed by atoms with van der Waals surface area (Å²) >= 11 is 5.91. The van der Waals surface area contributed by atoms with Crippen LogP contribution in [0.2, 0.25) is 5.15 Å². The first-order valence-corrected chi connectivity index (χ1v) is 7.08. The molecule has 1 N–H and O–H groups in total. The fourth-order valence-electron chi connectivity index (χ4n) is 1.94. The van der Waals surface area contributed by atoms with E-state index in [4.69, 9.17) is 21.1 Å². The van der Waals surface area contributed by atoms with Crippen LogP contribution >= 0.6 is 11.6 Å². The summed E-state index contributed by atoms with van der Waals surface area (Å²) in [6.45, 7) is -0.0400. The van der Waals surface area contributed by atoms with Crippen LogP contribution in [0.25, 0.3) is 0 Å². The van der Waals surface area contributed by atoms with Gasteiger partial charge in [0.1, 0.15) is 28.3 Å². The van der Waals surface area contributed by atoms with Gasteiger partial charge in [-0.3, -0.25) is 4.39 Å². The first kappa shape index (κ1) is 16.3. The molecule has 0 atom stereocenters. The molecule has 0 unspecified atom stereocenters. The molecule has 1 heterocycles. The van der Waals surface area contributed by atoms with E-state index in [0.29, 0.717) is 23.9 Å². The summed E-state index contributed by atoms with van der Waals surface area (Å²) in [5, 5.41) is 3.41. The zero-order valence-electron chi connectivity index (χ0n) is 12.4. The van der Waals surface area contributed by atoms with E-state index >= 15 is 0 Å². The molecule has 0 saturated carbocycles. The lowest BCUT2D eigenvalue weighted by atomic mass is 10.2. The van der Waals surface area contributed by atoms with Gasteiger partial charge < -0.3 is 14.8 Å². The monoisotopic (exact) mass is 325 g/mol. The molecule has 1 aromatic carbocycles. The highest BCUT2D eigenvalue weighted by Crippen LogP contribution is 2.25. The Bertz CT molecular complexity index is 640. The first-order chi connectivity index (χ1) is 10.7. The lowest BCUT2D eigenvalue weighted by molar-refractivity contribution is 0.391. The Labute approximate surface area is 133 Å². The van der Waals surface area contributed by atoms with Crippen molar-refractivity contribution < 1.29 is 13.9 Å². The SMILES string of the molecule is COc1ccc(CNc2cc(Cl)nc(CCF)n2)c(OC)c1. The molecule has 0 aliphatic carbocycles. The number of aryl methyl sites for hydroxylation is 1. The van der Waals surface area contributed by atoms with E-state index in [0.717, 1.165) is 11.3 Å². The molecule has 0 bridgehead atoms. The number of aromatic nitrogens is 2. The van der Waals surface area contributed by atoms with Gasteiger partial charge in [-0.05, 0) is 12.1 Å². The summed E-state index contributed by atoms with van der Waals surface area (Å²) in [7, 11) is 3.20. The van der Waals surface area contributed by atoms with Crippen molar-refractivity contribution in [2.45, 2.75) is 13.0 Å². The number of halogens is 2. The van der Waals surface area contributed by atoms with Gasteiger partial charge in [0.2, 0.25) is 0 Å². The molecule has 7 heteroatoms. The molecule has 0 spiro atoms. The van der Waals surface area contributed by atoms with E-state index in [1.54, 1.807) is 26.4 Å². The summed E-state index contributed by atoms with van der Waals surface area (Å²) in [6, 6.07) is 7.15. The second kappa shape index (κ2) is 7.79. The second-order valence-corrected chi connectivity index (χ2v) is 4.85. The van der Waals surface area contributed by atoms with E-state index in [2.05, 4.69) is 15.3 Å². The van der Waals surface area contributed by atoms with Crippen LogP contribution in [-0.4, -0.2) is 30.9 Å². The summed E-state index contributed by atoms with van der Waals surface area (Å²) in [5.74, 6) is 2.34. The Hall–Kier alpha value is -2.08. The van der Waals surface area contributed by atoms with E-state index in [9.17, 15) is 4.39 Å². The van der Waals surface area contributed by atoms with E-state index < -0.39 is 6.67 Å². The Balaban J connectivity index is 2.12. The smallest absolute Gasteiger partial charge is 0.135 e. The van der Waals surface area contributed by atoms with Crippen LogP contribution in [0, 0.1) is 0 Å². The number of benzene rings is 1. The van der Waals surface area contributed by atoms with Crippen LogP contribution in [0.3, 0.4) is 0 Å². The van der Waals surface area contributed by atoms with Gasteiger partial charge in [0, 0.05) is 30.7 Å². The number of alkyl halides is 1. The van der Waals surface area contributed by atoms with Gasteiger partial charge in [-0.25, -0.2) is 9.97 Å². The molecule has 0 aliphatic heterocycles. The molecule has 0 radical (unpaired) electrons. The molecular formula is C15H17ClFN3O2. The Morgan fingerprint density at radius 1 is 1.18 bits per heavy atom. The highest BCUT2D eigenvalue weighted by Gasteiger charge is 2.07. The summed E-state index contributed by atoms with van der Waals surface area (Å²) in [4.78, 5) is 8.18. The largest absolute Gasteiger partial charge is 0.497 e. The third-order valence-corrected chi connectivity index (χ3v) is 3.21. The van der Waals surface area contributed by atoms with Gasteiger partial charge in [-0.2, -0.15) is 0 Å². The lowest BCUT2D eigenvalue weighted by Crippen LogP contribution is -2.06. The molecule has 1 aromatic heterocycles. The lowest BCUT2D eigenvalue weighted by Gasteiger charge is -2.12. The van der Waals surface area contributed by atoms with Crippen LogP contribution < -0.4 is 14.8 Å². The van der Waals surface area contributed by atoms with Gasteiger partial charge in [0.05, 0.1) is 20.9 Å². The van der Waals surface area contributed by atoms with Crippen LogP contribution in [0.15, 0.2) is 24.3 Å². The zero-order chi connectivity index (χ0) is 15.9. The van der Waals surface area contributed by atoms with Gasteiger partial charge in [0.25, 0.3) is 0 Å². The van der Waals surface area contributed by atoms with Gasteiger partial charge >= 0.3 is 0 Å². The minimum Gasteiger partial charge on any atom is -0.497 e. The van der Waals surface area contributed by atoms with Crippen molar-refractivity contribution in [3.8, 4) is 11.5 Å². The average Bonchev–Trinajstić information content (AvgIpc) is 2.52. The van der Waals surface area contributed by atoms with E-state index in [1.165, 1.54) is 0 Å². The number of hydrogen-bond acceptors (Lipinski definition) is 5. The number of hydrogen-bond donors (Lipinski definition) is 1. The number of anilines is 1. The van der Waals surface area contributed by atoms with Crippen molar-refractivity contribution in [1.82, 2.24) is 9.97 Å². The molecule has 118 valence electrons. The molecule has 0 amide bonds. The minimum atomic E-state index is -0.522. The number of ether oxygens (including phenoxy) is 2. The van der Waals surface area contributed by atoms with Gasteiger partial charge in [-0.15, -0.1) is 0 Å². The topological polar surface area (TPSA) is 56.3 Å². The number of nitrogens with one attached hydrogen (secondary N) is 1. The molecular weight excluding hydrogens is 309 g/mol. The van der Waals surface area contributed by atoms with Crippen molar-refractivity contribution >= 4 is 17.4 Å². The van der Waals surface area contributed by atoms with Gasteiger partial charge in [0.15, 0.2) is 0 Å². The fraction of sp³-hybridized carbons (Fsp3) is 0.333. The molecule has 2 rings (SSSR count). The zero-order valence-corrected chi connectivity index (χ0v) is 13.2. The standard InChI is InChI=1S/C15H17ClFN3O2/c1-21-11-4-3-10(12(7-11)22-2)9-18-15-8-13(16)19-14(20-15)5-6-17/h3-4,7-8H,5-6,9H2,1-2H3,(H,18,19,20). The molecule has 5 nitrogen and oxygen atoms in total. The van der Waals surface area contributed by atoms with Crippen molar-refractivity contribution in [2.75, 3.05) is 26.2 Å². The third kappa shape index (κ3) is 4.21. The number of nitrogens with zero attached hydrogens (tertiary/aromatic N) is 2. The predicted molar refractivity (Wildman–Crippen MR) is 83.6 cm³/mol. The summed E-state index contributed by atoms with van der Waals surface area (Å²) in [5.41, 5.74) is 0.935. The summed E-state index contributed by atoms with van der Waals surface area (Å²) in [6.07, 6.45) is 0.140. The third-order valence-electron chi connectivity index (χ3n) is 3.01. The van der Waals surface area contributed by atoms with Crippen molar-refractivity contribution in [1.29, 1.82) is 0 Å². The molecule has 0 aliphatic rings. The highest BCUT2D eigenvalue weighted by molar-refractivity contribution is 6.29. The van der Waals surface area contributed by atoms with Gasteiger partial charge in [-0.1, -0.05) is 11.6 Å². The fourth-order valence-corrected chi connectivity index (χ4v) is 2.14. The number of rotatable bonds is 7. The predicted octanol–water partition coefficient (Wildman–Crippen LogP) is 3.27. The molecule has 0 saturated heterocycles. The quantitative estimate of drug-likeness (QED) is 0.792. The minimum absolute atomic E-state index is 0.140. The van der Waals surface area contributed by atoms with E-state index in [1.807, 2.05) is 12.1 Å². The maximum Gasteiger partial charge on any atom is 0.135 e. The molecule has 0 fully saturated rings. The van der Waals surface area contributed by atoms with Crippen molar-refractivity contribution in [2.24, 2.45) is 0 Å². The molecule has 2 aromatic rings. The van der Waals surface area contributed by atoms with E-state index in [-0.39, 0.29) is 11.6 Å². The van der Waals surface area contributed by atoms with Crippen LogP contribution in [0.1, 0.15) is 11.4 Å². The Morgan fingerprint density at radius 2 is 2.00 bits per heavy atom. The Morgan fingerprint density at radius 3 is 2.68 bits per heavy atom.